The van der Waals surface area contributed by atoms with Crippen LogP contribution < -0.4 is 9.30 Å². The molecule has 0 bridgehead atoms. The molecule has 0 radical (unpaired) electrons. The molecule has 0 fully saturated rings. The predicted octanol–water partition coefficient (Wildman–Crippen LogP) is 5.90. The van der Waals surface area contributed by atoms with E-state index in [0.29, 0.717) is 6.61 Å². The Morgan fingerprint density at radius 3 is 2.29 bits per heavy atom. The number of para-hydroxylation sites is 1. The third-order valence-corrected chi connectivity index (χ3v) is 4.86. The van der Waals surface area contributed by atoms with Crippen molar-refractivity contribution in [3.63, 3.8) is 0 Å². The van der Waals surface area contributed by atoms with Crippen molar-refractivity contribution in [3.05, 3.63) is 108 Å². The standard InChI is InChI=1S/C26H24NO/c1-2-27-24(17-15-23-10-6-7-11-26(23)27)16-12-21-13-18-25(19-14-21)28-20-22-8-4-3-5-9-22/h3-19H,2,20H2,1H3/q+1/b16-12+. The fourth-order valence-electron chi connectivity index (χ4n) is 3.37. The average Bonchev–Trinajstić information content (AvgIpc) is 2.77. The highest BCUT2D eigenvalue weighted by Crippen LogP contribution is 2.17. The van der Waals surface area contributed by atoms with Crippen molar-refractivity contribution in [1.29, 1.82) is 0 Å². The van der Waals surface area contributed by atoms with Crippen LogP contribution in [-0.2, 0) is 13.2 Å². The number of hydrogen-bond donors (Lipinski definition) is 0. The SMILES string of the molecule is CC[n+]1c(/C=C/c2ccc(OCc3ccccc3)cc2)ccc2ccccc21. The number of nitrogens with zero attached hydrogens (tertiary/aromatic N) is 1. The van der Waals surface area contributed by atoms with Crippen LogP contribution in [-0.4, -0.2) is 0 Å². The molecule has 0 atom stereocenters. The first-order valence-electron chi connectivity index (χ1n) is 9.70. The van der Waals surface area contributed by atoms with Gasteiger partial charge in [-0.25, -0.2) is 0 Å². The van der Waals surface area contributed by atoms with Crippen LogP contribution in [0.25, 0.3) is 23.1 Å². The van der Waals surface area contributed by atoms with Crippen LogP contribution in [0, 0.1) is 0 Å². The van der Waals surface area contributed by atoms with Gasteiger partial charge in [-0.1, -0.05) is 54.6 Å². The van der Waals surface area contributed by atoms with E-state index in [-0.39, 0.29) is 0 Å². The van der Waals surface area contributed by atoms with Crippen LogP contribution >= 0.6 is 0 Å². The van der Waals surface area contributed by atoms with Crippen LogP contribution in [0.1, 0.15) is 23.7 Å². The van der Waals surface area contributed by atoms with Gasteiger partial charge in [0.1, 0.15) is 18.9 Å². The van der Waals surface area contributed by atoms with E-state index >= 15 is 0 Å². The quantitative estimate of drug-likeness (QED) is 0.387. The highest BCUT2D eigenvalue weighted by Gasteiger charge is 2.10. The molecule has 4 aromatic rings. The third-order valence-electron chi connectivity index (χ3n) is 4.86. The maximum Gasteiger partial charge on any atom is 0.212 e. The predicted molar refractivity (Wildman–Crippen MR) is 116 cm³/mol. The van der Waals surface area contributed by atoms with Gasteiger partial charge >= 0.3 is 0 Å². The third kappa shape index (κ3) is 4.12. The summed E-state index contributed by atoms with van der Waals surface area (Å²) >= 11 is 0. The Balaban J connectivity index is 1.48. The number of aryl methyl sites for hydroxylation is 1. The zero-order valence-corrected chi connectivity index (χ0v) is 16.1. The van der Waals surface area contributed by atoms with Crippen molar-refractivity contribution in [2.45, 2.75) is 20.1 Å². The number of benzene rings is 3. The van der Waals surface area contributed by atoms with Crippen LogP contribution in [0.2, 0.25) is 0 Å². The maximum atomic E-state index is 5.87. The fraction of sp³-hybridized carbons (Fsp3) is 0.115. The van der Waals surface area contributed by atoms with E-state index in [0.717, 1.165) is 17.9 Å². The molecule has 0 saturated heterocycles. The number of rotatable bonds is 6. The summed E-state index contributed by atoms with van der Waals surface area (Å²) in [4.78, 5) is 0. The summed E-state index contributed by atoms with van der Waals surface area (Å²) in [6.07, 6.45) is 4.33. The van der Waals surface area contributed by atoms with E-state index < -0.39 is 0 Å². The second-order valence-electron chi connectivity index (χ2n) is 6.74. The van der Waals surface area contributed by atoms with Crippen molar-refractivity contribution in [2.24, 2.45) is 0 Å². The van der Waals surface area contributed by atoms with Gasteiger partial charge in [0.25, 0.3) is 0 Å². The molecule has 4 rings (SSSR count). The van der Waals surface area contributed by atoms with Gasteiger partial charge < -0.3 is 4.74 Å². The normalized spacial score (nSPS) is 11.2. The first-order valence-corrected chi connectivity index (χ1v) is 9.70. The molecule has 3 aromatic carbocycles. The summed E-state index contributed by atoms with van der Waals surface area (Å²) in [5, 5.41) is 1.27. The second-order valence-corrected chi connectivity index (χ2v) is 6.74. The van der Waals surface area contributed by atoms with E-state index in [4.69, 9.17) is 4.74 Å². The van der Waals surface area contributed by atoms with Crippen LogP contribution in [0.15, 0.2) is 91.0 Å². The maximum absolute atomic E-state index is 5.87. The molecular weight excluding hydrogens is 342 g/mol. The van der Waals surface area contributed by atoms with Gasteiger partial charge in [0, 0.05) is 23.6 Å². The average molecular weight is 366 g/mol. The van der Waals surface area contributed by atoms with E-state index in [2.05, 4.69) is 84.3 Å². The number of aromatic nitrogens is 1. The van der Waals surface area contributed by atoms with Gasteiger partial charge in [-0.05, 0) is 48.4 Å². The van der Waals surface area contributed by atoms with Gasteiger partial charge in [-0.3, -0.25) is 0 Å². The number of ether oxygens (including phenoxy) is 1. The second kappa shape index (κ2) is 8.53. The molecule has 0 amide bonds. The molecule has 0 unspecified atom stereocenters. The van der Waals surface area contributed by atoms with Gasteiger partial charge in [-0.15, -0.1) is 0 Å². The summed E-state index contributed by atoms with van der Waals surface area (Å²) in [5.74, 6) is 0.885. The minimum absolute atomic E-state index is 0.587. The Bertz CT molecular complexity index is 1080. The topological polar surface area (TPSA) is 13.1 Å². The summed E-state index contributed by atoms with van der Waals surface area (Å²) < 4.78 is 8.20. The molecule has 2 nitrogen and oxygen atoms in total. The van der Waals surface area contributed by atoms with E-state index in [1.807, 2.05) is 30.3 Å². The highest BCUT2D eigenvalue weighted by atomic mass is 16.5. The van der Waals surface area contributed by atoms with Gasteiger partial charge in [0.05, 0.1) is 0 Å². The van der Waals surface area contributed by atoms with E-state index in [1.54, 1.807) is 0 Å². The summed E-state index contributed by atoms with van der Waals surface area (Å²) in [6, 6.07) is 31.3. The largest absolute Gasteiger partial charge is 0.489 e. The summed E-state index contributed by atoms with van der Waals surface area (Å²) in [5.41, 5.74) is 4.79. The Morgan fingerprint density at radius 1 is 0.750 bits per heavy atom. The molecule has 138 valence electrons. The molecule has 0 saturated carbocycles. The van der Waals surface area contributed by atoms with Crippen molar-refractivity contribution >= 4 is 23.1 Å². The van der Waals surface area contributed by atoms with E-state index in [9.17, 15) is 0 Å². The molecule has 0 aliphatic heterocycles. The zero-order valence-electron chi connectivity index (χ0n) is 16.1. The number of pyridine rings is 1. The van der Waals surface area contributed by atoms with Crippen LogP contribution in [0.4, 0.5) is 0 Å². The van der Waals surface area contributed by atoms with Crippen molar-refractivity contribution in [3.8, 4) is 5.75 Å². The molecule has 28 heavy (non-hydrogen) atoms. The molecule has 0 spiro atoms. The van der Waals surface area contributed by atoms with Crippen molar-refractivity contribution < 1.29 is 9.30 Å². The molecule has 2 heteroatoms. The molecule has 0 aliphatic rings. The molecular formula is C26H24NO+. The zero-order chi connectivity index (χ0) is 19.2. The smallest absolute Gasteiger partial charge is 0.212 e. The number of fused-ring (bicyclic) bond motifs is 1. The minimum atomic E-state index is 0.587. The monoisotopic (exact) mass is 366 g/mol. The Hall–Kier alpha value is -3.39. The lowest BCUT2D eigenvalue weighted by atomic mass is 10.1. The van der Waals surface area contributed by atoms with E-state index in [1.165, 1.54) is 22.2 Å². The van der Waals surface area contributed by atoms with Crippen LogP contribution in [0.3, 0.4) is 0 Å². The summed E-state index contributed by atoms with van der Waals surface area (Å²) in [6.45, 7) is 3.71. The van der Waals surface area contributed by atoms with Crippen molar-refractivity contribution in [2.75, 3.05) is 0 Å². The lowest BCUT2D eigenvalue weighted by Crippen LogP contribution is -2.36. The van der Waals surface area contributed by atoms with Crippen LogP contribution in [0.5, 0.6) is 5.75 Å². The lowest BCUT2D eigenvalue weighted by Gasteiger charge is -2.06. The fourth-order valence-corrected chi connectivity index (χ4v) is 3.37. The van der Waals surface area contributed by atoms with Gasteiger partial charge in [0.15, 0.2) is 0 Å². The van der Waals surface area contributed by atoms with Gasteiger partial charge in [0.2, 0.25) is 11.2 Å². The molecule has 0 aliphatic carbocycles. The van der Waals surface area contributed by atoms with Crippen molar-refractivity contribution in [1.82, 2.24) is 0 Å². The number of hydrogen-bond acceptors (Lipinski definition) is 1. The first kappa shape index (κ1) is 18.0. The summed E-state index contributed by atoms with van der Waals surface area (Å²) in [7, 11) is 0. The molecule has 1 aromatic heterocycles. The Labute approximate surface area is 166 Å². The Morgan fingerprint density at radius 2 is 1.50 bits per heavy atom. The lowest BCUT2D eigenvalue weighted by molar-refractivity contribution is -0.669. The molecule has 1 heterocycles. The highest BCUT2D eigenvalue weighted by molar-refractivity contribution is 5.77. The van der Waals surface area contributed by atoms with Gasteiger partial charge in [-0.2, -0.15) is 4.57 Å². The first-order chi connectivity index (χ1) is 13.8. The Kier molecular flexibility index (Phi) is 5.48. The molecule has 0 N–H and O–H groups in total. The minimum Gasteiger partial charge on any atom is -0.489 e.